The molecule has 1 fully saturated rings. The van der Waals surface area contributed by atoms with Gasteiger partial charge in [-0.1, -0.05) is 16.8 Å². The van der Waals surface area contributed by atoms with Crippen molar-refractivity contribution in [1.82, 2.24) is 5.16 Å². The summed E-state index contributed by atoms with van der Waals surface area (Å²) in [5.41, 5.74) is 0.156. The molecule has 8 heteroatoms. The Kier molecular flexibility index (Phi) is 5.41. The van der Waals surface area contributed by atoms with Crippen molar-refractivity contribution in [1.29, 1.82) is 0 Å². The monoisotopic (exact) mass is 395 g/mol. The zero-order chi connectivity index (χ0) is 19.0. The van der Waals surface area contributed by atoms with Crippen molar-refractivity contribution >= 4 is 34.5 Å². The van der Waals surface area contributed by atoms with Gasteiger partial charge in [0.2, 0.25) is 5.78 Å². The van der Waals surface area contributed by atoms with Crippen LogP contribution in [0, 0.1) is 0 Å². The van der Waals surface area contributed by atoms with Gasteiger partial charge in [-0.05, 0) is 50.0 Å². The molecule has 1 aromatic heterocycles. The molecule has 0 aliphatic heterocycles. The second-order valence-corrected chi connectivity index (χ2v) is 8.15. The maximum Gasteiger partial charge on any atom is 0.345 e. The summed E-state index contributed by atoms with van der Waals surface area (Å²) in [6.07, 6.45) is 3.03. The third-order valence-electron chi connectivity index (χ3n) is 3.93. The minimum absolute atomic E-state index is 0.0455. The van der Waals surface area contributed by atoms with E-state index in [1.807, 2.05) is 0 Å². The Morgan fingerprint density at radius 2 is 2.08 bits per heavy atom. The van der Waals surface area contributed by atoms with E-state index < -0.39 is 22.9 Å². The summed E-state index contributed by atoms with van der Waals surface area (Å²) in [5, 5.41) is 3.91. The van der Waals surface area contributed by atoms with Crippen LogP contribution in [0.3, 0.4) is 0 Å². The molecule has 1 aliphatic carbocycles. The van der Waals surface area contributed by atoms with Crippen molar-refractivity contribution in [2.24, 2.45) is 0 Å². The lowest BCUT2D eigenvalue weighted by Crippen LogP contribution is -2.19. The Morgan fingerprint density at radius 3 is 2.65 bits per heavy atom. The number of halogens is 1. The second kappa shape index (κ2) is 7.42. The van der Waals surface area contributed by atoms with Gasteiger partial charge in [0.05, 0.1) is 16.7 Å². The van der Waals surface area contributed by atoms with Gasteiger partial charge in [0.25, 0.3) is 0 Å². The number of esters is 1. The predicted octanol–water partition coefficient (Wildman–Crippen LogP) is 3.74. The first-order valence-corrected chi connectivity index (χ1v) is 10.1. The fourth-order valence-electron chi connectivity index (χ4n) is 2.59. The van der Waals surface area contributed by atoms with Gasteiger partial charge in [-0.2, -0.15) is 0 Å². The van der Waals surface area contributed by atoms with Crippen molar-refractivity contribution < 1.29 is 23.4 Å². The number of carbonyl (C=O) groups excluding carboxylic acids is 2. The molecule has 2 aromatic rings. The number of hydrogen-bond donors (Lipinski definition) is 0. The van der Waals surface area contributed by atoms with Crippen LogP contribution in [0.2, 0.25) is 5.02 Å². The highest BCUT2D eigenvalue weighted by Crippen LogP contribution is 2.40. The van der Waals surface area contributed by atoms with Gasteiger partial charge in [0.15, 0.2) is 10.6 Å². The molecule has 1 atom stereocenters. The smallest absolute Gasteiger partial charge is 0.345 e. The van der Waals surface area contributed by atoms with E-state index in [1.165, 1.54) is 18.4 Å². The number of benzene rings is 1. The van der Waals surface area contributed by atoms with Crippen LogP contribution >= 0.6 is 11.6 Å². The Hall–Kier alpha value is -1.83. The first-order chi connectivity index (χ1) is 12.3. The Bertz CT molecular complexity index is 857. The number of ether oxygens (including phenoxy) is 1. The highest BCUT2D eigenvalue weighted by Gasteiger charge is 2.33. The summed E-state index contributed by atoms with van der Waals surface area (Å²) in [6.45, 7) is 3.39. The van der Waals surface area contributed by atoms with Crippen LogP contribution in [0.5, 0.6) is 0 Å². The highest BCUT2D eigenvalue weighted by atomic mass is 35.5. The van der Waals surface area contributed by atoms with Crippen LogP contribution in [0.4, 0.5) is 0 Å². The molecular formula is C18H18ClNO5S. The molecule has 1 aromatic carbocycles. The number of nitrogens with zero attached hydrogens (tertiary/aromatic N) is 1. The zero-order valence-electron chi connectivity index (χ0n) is 14.6. The molecule has 26 heavy (non-hydrogen) atoms. The Morgan fingerprint density at radius 1 is 1.38 bits per heavy atom. The van der Waals surface area contributed by atoms with E-state index in [-0.39, 0.29) is 32.8 Å². The maximum absolute atomic E-state index is 12.9. The van der Waals surface area contributed by atoms with Crippen LogP contribution in [-0.4, -0.2) is 33.8 Å². The molecule has 0 saturated heterocycles. The quantitative estimate of drug-likeness (QED) is 0.420. The van der Waals surface area contributed by atoms with E-state index in [0.717, 1.165) is 12.8 Å². The summed E-state index contributed by atoms with van der Waals surface area (Å²) in [5.74, 6) is -0.212. The van der Waals surface area contributed by atoms with Crippen LogP contribution in [0.15, 0.2) is 27.6 Å². The summed E-state index contributed by atoms with van der Waals surface area (Å²) < 4.78 is 22.7. The lowest BCUT2D eigenvalue weighted by molar-refractivity contribution is 0.0373. The van der Waals surface area contributed by atoms with Gasteiger partial charge in [0.1, 0.15) is 17.6 Å². The molecule has 1 heterocycles. The van der Waals surface area contributed by atoms with Crippen LogP contribution in [0.1, 0.15) is 64.8 Å². The van der Waals surface area contributed by atoms with Gasteiger partial charge in [-0.3, -0.25) is 4.79 Å². The molecule has 0 radical (unpaired) electrons. The topological polar surface area (TPSA) is 92.5 Å². The van der Waals surface area contributed by atoms with E-state index >= 15 is 0 Å². The maximum atomic E-state index is 12.9. The highest BCUT2D eigenvalue weighted by molar-refractivity contribution is 7.90. The van der Waals surface area contributed by atoms with Gasteiger partial charge in [-0.25, -0.2) is 4.79 Å². The van der Waals surface area contributed by atoms with Crippen molar-refractivity contribution in [3.63, 3.8) is 0 Å². The Labute approximate surface area is 159 Å². The lowest BCUT2D eigenvalue weighted by atomic mass is 10.0. The van der Waals surface area contributed by atoms with Gasteiger partial charge in [0, 0.05) is 12.0 Å². The van der Waals surface area contributed by atoms with Crippen LogP contribution < -0.4 is 0 Å². The van der Waals surface area contributed by atoms with E-state index in [1.54, 1.807) is 19.9 Å². The fraction of sp³-hybridized carbons (Fsp3) is 0.389. The molecule has 138 valence electrons. The molecule has 1 aliphatic rings. The number of rotatable bonds is 6. The molecule has 1 unspecified atom stereocenters. The summed E-state index contributed by atoms with van der Waals surface area (Å²) in [4.78, 5) is 25.4. The van der Waals surface area contributed by atoms with E-state index in [2.05, 4.69) is 5.16 Å². The van der Waals surface area contributed by atoms with Crippen LogP contribution in [0.25, 0.3) is 0 Å². The number of aromatic nitrogens is 1. The standard InChI is InChI=1S/C18H18ClNO5S/c1-9(2)24-18(22)15-12(19)7-6-11(17(15)26(3)23)16(21)13-8-14(25-20-13)10-4-5-10/h6-10H,4-5H2,1-3H3. The Balaban J connectivity index is 2.05. The predicted molar refractivity (Wildman–Crippen MR) is 96.2 cm³/mol. The summed E-state index contributed by atoms with van der Waals surface area (Å²) >= 11 is 4.50. The largest absolute Gasteiger partial charge is 0.612 e. The van der Waals surface area contributed by atoms with E-state index in [4.69, 9.17) is 20.9 Å². The average molecular weight is 396 g/mol. The number of ketones is 1. The first-order valence-electron chi connectivity index (χ1n) is 8.17. The van der Waals surface area contributed by atoms with Crippen molar-refractivity contribution in [3.8, 4) is 0 Å². The lowest BCUT2D eigenvalue weighted by Gasteiger charge is -2.16. The van der Waals surface area contributed by atoms with E-state index in [9.17, 15) is 14.1 Å². The average Bonchev–Trinajstić information content (AvgIpc) is 3.30. The third kappa shape index (κ3) is 3.79. The molecule has 3 rings (SSSR count). The van der Waals surface area contributed by atoms with E-state index in [0.29, 0.717) is 11.7 Å². The van der Waals surface area contributed by atoms with Crippen LogP contribution in [-0.2, 0) is 15.9 Å². The SMILES string of the molecule is CC(C)OC(=O)c1c(Cl)ccc(C(=O)c2cc(C3CC3)on2)c1[S+](C)[O-]. The zero-order valence-corrected chi connectivity index (χ0v) is 16.1. The molecule has 0 bridgehead atoms. The second-order valence-electron chi connectivity index (χ2n) is 6.43. The van der Waals surface area contributed by atoms with Gasteiger partial charge in [-0.15, -0.1) is 0 Å². The van der Waals surface area contributed by atoms with Crippen molar-refractivity contribution in [3.05, 3.63) is 45.8 Å². The minimum Gasteiger partial charge on any atom is -0.612 e. The van der Waals surface area contributed by atoms with Gasteiger partial charge >= 0.3 is 5.97 Å². The molecule has 0 N–H and O–H groups in total. The molecule has 0 spiro atoms. The fourth-order valence-corrected chi connectivity index (χ4v) is 3.84. The third-order valence-corrected chi connectivity index (χ3v) is 5.24. The van der Waals surface area contributed by atoms with Crippen molar-refractivity contribution in [2.45, 2.75) is 43.6 Å². The first kappa shape index (κ1) is 18.9. The number of carbonyl (C=O) groups is 2. The molecule has 0 amide bonds. The molecular weight excluding hydrogens is 378 g/mol. The number of hydrogen-bond acceptors (Lipinski definition) is 6. The minimum atomic E-state index is -1.65. The van der Waals surface area contributed by atoms with Crippen molar-refractivity contribution in [2.75, 3.05) is 6.26 Å². The summed E-state index contributed by atoms with van der Waals surface area (Å²) in [7, 11) is 0. The normalized spacial score (nSPS) is 15.2. The molecule has 6 nitrogen and oxygen atoms in total. The van der Waals surface area contributed by atoms with Gasteiger partial charge < -0.3 is 13.8 Å². The molecule has 1 saturated carbocycles. The summed E-state index contributed by atoms with van der Waals surface area (Å²) in [6, 6.07) is 4.46.